The zero-order valence-corrected chi connectivity index (χ0v) is 12.4. The largest absolute Gasteiger partial charge is 0.497 e. The van der Waals surface area contributed by atoms with Crippen LogP contribution >= 0.6 is 0 Å². The maximum absolute atomic E-state index is 10.8. The van der Waals surface area contributed by atoms with E-state index in [1.165, 1.54) is 18.2 Å². The van der Waals surface area contributed by atoms with Gasteiger partial charge in [-0.25, -0.2) is 0 Å². The molecule has 0 radical (unpaired) electrons. The molecule has 2 aromatic carbocycles. The Morgan fingerprint density at radius 3 is 2.83 bits per heavy atom. The number of nitrogens with zero attached hydrogens (tertiary/aromatic N) is 6. The van der Waals surface area contributed by atoms with E-state index in [4.69, 9.17) is 4.74 Å². The van der Waals surface area contributed by atoms with Gasteiger partial charge in [-0.3, -0.25) is 10.1 Å². The Kier molecular flexibility index (Phi) is 3.86. The summed E-state index contributed by atoms with van der Waals surface area (Å²) in [7, 11) is 1.56. The highest BCUT2D eigenvalue weighted by molar-refractivity contribution is 5.58. The summed E-state index contributed by atoms with van der Waals surface area (Å²) in [5.41, 5.74) is 0.910. The van der Waals surface area contributed by atoms with Gasteiger partial charge in [-0.2, -0.15) is 5.26 Å². The van der Waals surface area contributed by atoms with E-state index < -0.39 is 4.92 Å². The van der Waals surface area contributed by atoms with Crippen LogP contribution in [0.15, 0.2) is 42.5 Å². The molecule has 0 aliphatic heterocycles. The number of tetrazole rings is 1. The minimum absolute atomic E-state index is 0.0822. The Morgan fingerprint density at radius 1 is 1.29 bits per heavy atom. The molecule has 0 atom stereocenters. The van der Waals surface area contributed by atoms with Gasteiger partial charge in [0.1, 0.15) is 17.5 Å². The van der Waals surface area contributed by atoms with Crippen molar-refractivity contribution in [3.05, 3.63) is 58.1 Å². The van der Waals surface area contributed by atoms with E-state index in [1.807, 2.05) is 6.07 Å². The summed E-state index contributed by atoms with van der Waals surface area (Å²) in [5.74, 6) is 0.994. The molecule has 0 bridgehead atoms. The van der Waals surface area contributed by atoms with E-state index in [2.05, 4.69) is 15.4 Å². The van der Waals surface area contributed by atoms with Gasteiger partial charge in [0.2, 0.25) is 5.82 Å². The van der Waals surface area contributed by atoms with Crippen molar-refractivity contribution in [2.75, 3.05) is 7.11 Å². The lowest BCUT2D eigenvalue weighted by atomic mass is 10.2. The van der Waals surface area contributed by atoms with Gasteiger partial charge < -0.3 is 4.74 Å². The maximum atomic E-state index is 10.8. The van der Waals surface area contributed by atoms with Crippen molar-refractivity contribution >= 4 is 5.69 Å². The molecule has 0 fully saturated rings. The van der Waals surface area contributed by atoms with E-state index in [0.29, 0.717) is 22.8 Å². The van der Waals surface area contributed by atoms with Crippen LogP contribution in [-0.2, 0) is 0 Å². The summed E-state index contributed by atoms with van der Waals surface area (Å²) in [5, 5.41) is 32.1. The average Bonchev–Trinajstić information content (AvgIpc) is 3.11. The maximum Gasteiger partial charge on any atom is 0.270 e. The molecule has 1 heterocycles. The first-order chi connectivity index (χ1) is 11.6. The predicted molar refractivity (Wildman–Crippen MR) is 82.5 cm³/mol. The second-order valence-corrected chi connectivity index (χ2v) is 4.70. The van der Waals surface area contributed by atoms with Crippen LogP contribution in [0.4, 0.5) is 5.69 Å². The normalized spacial score (nSPS) is 10.2. The molecule has 0 spiro atoms. The molecule has 118 valence electrons. The first-order valence-corrected chi connectivity index (χ1v) is 6.75. The smallest absolute Gasteiger partial charge is 0.270 e. The molecular weight excluding hydrogens is 312 g/mol. The van der Waals surface area contributed by atoms with Gasteiger partial charge in [0.25, 0.3) is 5.69 Å². The minimum Gasteiger partial charge on any atom is -0.497 e. The quantitative estimate of drug-likeness (QED) is 0.533. The number of methoxy groups -OCH3 is 1. The van der Waals surface area contributed by atoms with E-state index in [9.17, 15) is 15.4 Å². The summed E-state index contributed by atoms with van der Waals surface area (Å²) < 4.78 is 5.15. The fraction of sp³-hybridized carbons (Fsp3) is 0.0667. The molecule has 0 unspecified atom stereocenters. The second-order valence-electron chi connectivity index (χ2n) is 4.70. The van der Waals surface area contributed by atoms with Crippen molar-refractivity contribution in [2.45, 2.75) is 0 Å². The van der Waals surface area contributed by atoms with E-state index in [0.717, 1.165) is 4.80 Å². The molecule has 0 aliphatic rings. The Bertz CT molecular complexity index is 960. The minimum atomic E-state index is -0.568. The van der Waals surface area contributed by atoms with Gasteiger partial charge in [0.15, 0.2) is 0 Å². The first kappa shape index (κ1) is 15.1. The number of aromatic nitrogens is 4. The zero-order chi connectivity index (χ0) is 17.1. The number of non-ortho nitro benzene ring substituents is 1. The Hall–Kier alpha value is -3.80. The Balaban J connectivity index is 2.02. The van der Waals surface area contributed by atoms with Gasteiger partial charge in [-0.05, 0) is 23.4 Å². The summed E-state index contributed by atoms with van der Waals surface area (Å²) >= 11 is 0. The van der Waals surface area contributed by atoms with E-state index in [-0.39, 0.29) is 11.3 Å². The highest BCUT2D eigenvalue weighted by atomic mass is 16.6. The van der Waals surface area contributed by atoms with Crippen molar-refractivity contribution in [1.82, 2.24) is 20.2 Å². The number of nitro benzene ring substituents is 1. The van der Waals surface area contributed by atoms with Gasteiger partial charge in [0, 0.05) is 17.7 Å². The van der Waals surface area contributed by atoms with Crippen LogP contribution in [0.2, 0.25) is 0 Å². The number of ether oxygens (including phenoxy) is 1. The Labute approximate surface area is 135 Å². The monoisotopic (exact) mass is 322 g/mol. The fourth-order valence-electron chi connectivity index (χ4n) is 2.10. The molecule has 24 heavy (non-hydrogen) atoms. The van der Waals surface area contributed by atoms with Gasteiger partial charge in [-0.15, -0.1) is 15.0 Å². The van der Waals surface area contributed by atoms with Crippen LogP contribution in [0.5, 0.6) is 5.75 Å². The van der Waals surface area contributed by atoms with Crippen LogP contribution in [0, 0.1) is 21.4 Å². The number of benzene rings is 2. The number of hydrogen-bond donors (Lipinski definition) is 0. The number of nitriles is 1. The molecule has 0 amide bonds. The summed E-state index contributed by atoms with van der Waals surface area (Å²) in [4.78, 5) is 11.4. The molecule has 0 N–H and O–H groups in total. The number of hydrogen-bond acceptors (Lipinski definition) is 7. The third-order valence-electron chi connectivity index (χ3n) is 3.27. The fourth-order valence-corrected chi connectivity index (χ4v) is 2.10. The van der Waals surface area contributed by atoms with Crippen LogP contribution in [0.1, 0.15) is 5.56 Å². The van der Waals surface area contributed by atoms with Crippen LogP contribution in [-0.4, -0.2) is 32.2 Å². The lowest BCUT2D eigenvalue weighted by molar-refractivity contribution is -0.384. The van der Waals surface area contributed by atoms with Crippen LogP contribution in [0.25, 0.3) is 17.1 Å². The summed E-state index contributed by atoms with van der Waals surface area (Å²) in [6.07, 6.45) is 0. The van der Waals surface area contributed by atoms with E-state index in [1.54, 1.807) is 31.4 Å². The summed E-state index contributed by atoms with van der Waals surface area (Å²) in [6.45, 7) is 0. The van der Waals surface area contributed by atoms with Crippen LogP contribution in [0.3, 0.4) is 0 Å². The predicted octanol–water partition coefficient (Wildman–Crippen LogP) is 2.12. The third-order valence-corrected chi connectivity index (χ3v) is 3.27. The lowest BCUT2D eigenvalue weighted by Gasteiger charge is -2.01. The van der Waals surface area contributed by atoms with Gasteiger partial charge in [-0.1, -0.05) is 12.1 Å². The molecule has 9 heteroatoms. The standard InChI is InChI=1S/C15H10N6O3/c1-24-13-4-2-3-10(8-13)15-17-19-20(18-15)14-6-5-12(21(22)23)7-11(14)9-16/h2-8H,1H3. The highest BCUT2D eigenvalue weighted by Gasteiger charge is 2.15. The van der Waals surface area contributed by atoms with Crippen molar-refractivity contribution in [3.63, 3.8) is 0 Å². The van der Waals surface area contributed by atoms with E-state index >= 15 is 0 Å². The van der Waals surface area contributed by atoms with Gasteiger partial charge in [0.05, 0.1) is 17.6 Å². The molecule has 3 aromatic rings. The third kappa shape index (κ3) is 2.76. The molecule has 1 aromatic heterocycles. The number of rotatable bonds is 4. The molecule has 9 nitrogen and oxygen atoms in total. The zero-order valence-electron chi connectivity index (χ0n) is 12.4. The van der Waals surface area contributed by atoms with Crippen molar-refractivity contribution in [3.8, 4) is 28.9 Å². The molecule has 0 saturated carbocycles. The molecular formula is C15H10N6O3. The average molecular weight is 322 g/mol. The second kappa shape index (κ2) is 6.13. The lowest BCUT2D eigenvalue weighted by Crippen LogP contribution is -2.03. The van der Waals surface area contributed by atoms with Gasteiger partial charge >= 0.3 is 0 Å². The first-order valence-electron chi connectivity index (χ1n) is 6.75. The topological polar surface area (TPSA) is 120 Å². The van der Waals surface area contributed by atoms with Crippen molar-refractivity contribution in [2.24, 2.45) is 0 Å². The molecule has 0 aliphatic carbocycles. The summed E-state index contributed by atoms with van der Waals surface area (Å²) in [6, 6.07) is 12.9. The van der Waals surface area contributed by atoms with Crippen molar-refractivity contribution < 1.29 is 9.66 Å². The SMILES string of the molecule is COc1cccc(-c2nnn(-c3ccc([N+](=O)[O-])cc3C#N)n2)c1. The Morgan fingerprint density at radius 2 is 2.12 bits per heavy atom. The highest BCUT2D eigenvalue weighted by Crippen LogP contribution is 2.22. The van der Waals surface area contributed by atoms with Crippen LogP contribution < -0.4 is 4.74 Å². The van der Waals surface area contributed by atoms with Crippen molar-refractivity contribution in [1.29, 1.82) is 5.26 Å². The number of nitro groups is 1. The molecule has 3 rings (SSSR count). The molecule has 0 saturated heterocycles.